The third kappa shape index (κ3) is 3.16. The molecule has 0 bridgehead atoms. The van der Waals surface area contributed by atoms with Gasteiger partial charge in [0.25, 0.3) is 5.56 Å². The van der Waals surface area contributed by atoms with E-state index in [0.29, 0.717) is 5.56 Å². The highest BCUT2D eigenvalue weighted by atomic mass is 16.6. The highest BCUT2D eigenvalue weighted by Crippen LogP contribution is 2.28. The SMILES string of the molecule is Cc1cn([C@@H]2O[C@H](CO)[C@@H](O)[C@H]2O)c(=O)n(Cc2ccccc2)c1=O. The van der Waals surface area contributed by atoms with Crippen molar-refractivity contribution in [3.8, 4) is 0 Å². The van der Waals surface area contributed by atoms with E-state index in [1.165, 1.54) is 6.20 Å². The summed E-state index contributed by atoms with van der Waals surface area (Å²) in [6, 6.07) is 9.04. The lowest BCUT2D eigenvalue weighted by Gasteiger charge is -2.19. The van der Waals surface area contributed by atoms with Crippen molar-refractivity contribution in [2.45, 2.75) is 38.0 Å². The van der Waals surface area contributed by atoms with E-state index >= 15 is 0 Å². The number of aryl methyl sites for hydroxylation is 1. The van der Waals surface area contributed by atoms with E-state index in [-0.39, 0.29) is 6.54 Å². The Labute approximate surface area is 143 Å². The van der Waals surface area contributed by atoms with Gasteiger partial charge < -0.3 is 20.1 Å². The third-order valence-corrected chi connectivity index (χ3v) is 4.34. The van der Waals surface area contributed by atoms with Crippen LogP contribution >= 0.6 is 0 Å². The summed E-state index contributed by atoms with van der Waals surface area (Å²) in [6.45, 7) is 1.14. The topological polar surface area (TPSA) is 114 Å². The lowest BCUT2D eigenvalue weighted by molar-refractivity contribution is -0.0556. The highest BCUT2D eigenvalue weighted by Gasteiger charge is 2.44. The van der Waals surface area contributed by atoms with Crippen molar-refractivity contribution in [2.75, 3.05) is 6.61 Å². The molecule has 25 heavy (non-hydrogen) atoms. The van der Waals surface area contributed by atoms with Gasteiger partial charge in [-0.3, -0.25) is 13.9 Å². The molecule has 1 fully saturated rings. The molecule has 0 radical (unpaired) electrons. The van der Waals surface area contributed by atoms with Crippen LogP contribution in [0.1, 0.15) is 17.4 Å². The number of aromatic nitrogens is 2. The molecule has 2 aromatic rings. The van der Waals surface area contributed by atoms with Crippen molar-refractivity contribution < 1.29 is 20.1 Å². The van der Waals surface area contributed by atoms with Gasteiger partial charge in [-0.25, -0.2) is 4.79 Å². The van der Waals surface area contributed by atoms with Gasteiger partial charge in [-0.15, -0.1) is 0 Å². The van der Waals surface area contributed by atoms with Gasteiger partial charge in [0.1, 0.15) is 18.3 Å². The number of aliphatic hydroxyl groups is 3. The Balaban J connectivity index is 2.05. The monoisotopic (exact) mass is 348 g/mol. The van der Waals surface area contributed by atoms with Crippen molar-refractivity contribution in [2.24, 2.45) is 0 Å². The van der Waals surface area contributed by atoms with Crippen molar-refractivity contribution in [1.29, 1.82) is 0 Å². The lowest BCUT2D eigenvalue weighted by Crippen LogP contribution is -2.44. The number of rotatable bonds is 4. The van der Waals surface area contributed by atoms with Gasteiger partial charge in [-0.2, -0.15) is 0 Å². The first-order chi connectivity index (χ1) is 11.9. The molecule has 0 unspecified atom stereocenters. The molecule has 0 spiro atoms. The summed E-state index contributed by atoms with van der Waals surface area (Å²) in [5, 5.41) is 29.2. The molecule has 2 heterocycles. The van der Waals surface area contributed by atoms with E-state index in [0.717, 1.165) is 14.7 Å². The lowest BCUT2D eigenvalue weighted by atomic mass is 10.1. The number of aliphatic hydroxyl groups excluding tert-OH is 3. The Bertz CT molecular complexity index is 860. The van der Waals surface area contributed by atoms with Gasteiger partial charge in [0.2, 0.25) is 0 Å². The molecular weight excluding hydrogens is 328 g/mol. The van der Waals surface area contributed by atoms with Crippen LogP contribution in [0.15, 0.2) is 46.1 Å². The van der Waals surface area contributed by atoms with Gasteiger partial charge in [0, 0.05) is 11.8 Å². The van der Waals surface area contributed by atoms with E-state index in [2.05, 4.69) is 0 Å². The van der Waals surface area contributed by atoms with Crippen molar-refractivity contribution in [3.63, 3.8) is 0 Å². The molecule has 1 saturated heterocycles. The first-order valence-electron chi connectivity index (χ1n) is 7.93. The molecule has 0 aliphatic carbocycles. The molecule has 1 aliphatic rings. The van der Waals surface area contributed by atoms with Gasteiger partial charge in [0.05, 0.1) is 13.2 Å². The molecule has 4 atom stereocenters. The molecule has 134 valence electrons. The highest BCUT2D eigenvalue weighted by molar-refractivity contribution is 5.16. The smallest absolute Gasteiger partial charge is 0.333 e. The molecule has 3 rings (SSSR count). The van der Waals surface area contributed by atoms with Crippen LogP contribution in [-0.4, -0.2) is 49.4 Å². The number of ether oxygens (including phenoxy) is 1. The molecule has 0 saturated carbocycles. The summed E-state index contributed by atoms with van der Waals surface area (Å²) in [4.78, 5) is 25.2. The van der Waals surface area contributed by atoms with Crippen molar-refractivity contribution in [3.05, 3.63) is 68.5 Å². The zero-order valence-electron chi connectivity index (χ0n) is 13.6. The van der Waals surface area contributed by atoms with Crippen LogP contribution in [0.3, 0.4) is 0 Å². The van der Waals surface area contributed by atoms with Crippen LogP contribution in [0.2, 0.25) is 0 Å². The minimum atomic E-state index is -1.39. The fraction of sp³-hybridized carbons (Fsp3) is 0.412. The maximum atomic E-state index is 12.8. The Morgan fingerprint density at radius 3 is 2.40 bits per heavy atom. The van der Waals surface area contributed by atoms with Gasteiger partial charge in [-0.1, -0.05) is 30.3 Å². The number of hydrogen-bond donors (Lipinski definition) is 3. The largest absolute Gasteiger partial charge is 0.394 e. The van der Waals surface area contributed by atoms with Crippen LogP contribution in [-0.2, 0) is 11.3 Å². The summed E-state index contributed by atoms with van der Waals surface area (Å²) in [5.41, 5.74) is -0.0144. The average Bonchev–Trinajstić information content (AvgIpc) is 2.91. The average molecular weight is 348 g/mol. The van der Waals surface area contributed by atoms with Crippen LogP contribution in [0.4, 0.5) is 0 Å². The first-order valence-corrected chi connectivity index (χ1v) is 7.93. The maximum absolute atomic E-state index is 12.8. The second-order valence-corrected chi connectivity index (χ2v) is 6.11. The van der Waals surface area contributed by atoms with Crippen molar-refractivity contribution in [1.82, 2.24) is 9.13 Å². The van der Waals surface area contributed by atoms with Crippen molar-refractivity contribution >= 4 is 0 Å². The molecule has 1 aliphatic heterocycles. The van der Waals surface area contributed by atoms with Gasteiger partial charge >= 0.3 is 5.69 Å². The Hall–Kier alpha value is -2.26. The summed E-state index contributed by atoms with van der Waals surface area (Å²) < 4.78 is 7.54. The molecule has 1 aromatic heterocycles. The molecular formula is C17H20N2O6. The minimum absolute atomic E-state index is 0.0784. The van der Waals surface area contributed by atoms with Gasteiger partial charge in [-0.05, 0) is 12.5 Å². The Kier molecular flexibility index (Phi) is 4.87. The normalized spacial score (nSPS) is 26.1. The second kappa shape index (κ2) is 6.93. The number of benzene rings is 1. The quantitative estimate of drug-likeness (QED) is 0.652. The van der Waals surface area contributed by atoms with Crippen LogP contribution in [0, 0.1) is 6.92 Å². The number of hydrogen-bond acceptors (Lipinski definition) is 6. The molecule has 1 aromatic carbocycles. The fourth-order valence-corrected chi connectivity index (χ4v) is 2.96. The zero-order valence-corrected chi connectivity index (χ0v) is 13.6. The standard InChI is InChI=1S/C17H20N2O6/c1-10-7-19(16-14(22)13(21)12(9-20)25-16)17(24)18(15(10)23)8-11-5-3-2-4-6-11/h2-7,12-14,16,20-22H,8-9H2,1H3/t12-,13-,14-,16-/m1/s1. The zero-order chi connectivity index (χ0) is 18.1. The molecule has 3 N–H and O–H groups in total. The van der Waals surface area contributed by atoms with E-state index in [1.54, 1.807) is 31.2 Å². The predicted molar refractivity (Wildman–Crippen MR) is 88.3 cm³/mol. The molecule has 8 heteroatoms. The Morgan fingerprint density at radius 2 is 1.80 bits per heavy atom. The van der Waals surface area contributed by atoms with E-state index < -0.39 is 42.4 Å². The summed E-state index contributed by atoms with van der Waals surface area (Å²) >= 11 is 0. The van der Waals surface area contributed by atoms with Gasteiger partial charge in [0.15, 0.2) is 6.23 Å². The summed E-state index contributed by atoms with van der Waals surface area (Å²) in [5.74, 6) is 0. The summed E-state index contributed by atoms with van der Waals surface area (Å²) in [7, 11) is 0. The fourth-order valence-electron chi connectivity index (χ4n) is 2.96. The van der Waals surface area contributed by atoms with E-state index in [1.807, 2.05) is 6.07 Å². The maximum Gasteiger partial charge on any atom is 0.333 e. The summed E-state index contributed by atoms with van der Waals surface area (Å²) in [6.07, 6.45) is -3.59. The van der Waals surface area contributed by atoms with Crippen LogP contribution in [0.5, 0.6) is 0 Å². The number of nitrogens with zero attached hydrogens (tertiary/aromatic N) is 2. The van der Waals surface area contributed by atoms with E-state index in [4.69, 9.17) is 4.74 Å². The predicted octanol–water partition coefficient (Wildman–Crippen LogP) is -1.02. The molecule has 8 nitrogen and oxygen atoms in total. The Morgan fingerprint density at radius 1 is 1.12 bits per heavy atom. The first kappa shape index (κ1) is 17.6. The van der Waals surface area contributed by atoms with Crippen LogP contribution < -0.4 is 11.2 Å². The van der Waals surface area contributed by atoms with Crippen LogP contribution in [0.25, 0.3) is 0 Å². The molecule has 0 amide bonds. The second-order valence-electron chi connectivity index (χ2n) is 6.11. The van der Waals surface area contributed by atoms with E-state index in [9.17, 15) is 24.9 Å². The minimum Gasteiger partial charge on any atom is -0.394 e. The third-order valence-electron chi connectivity index (χ3n) is 4.34.